The van der Waals surface area contributed by atoms with Crippen molar-refractivity contribution in [1.29, 1.82) is 0 Å². The summed E-state index contributed by atoms with van der Waals surface area (Å²) in [5, 5.41) is 9.27. The van der Waals surface area contributed by atoms with Crippen molar-refractivity contribution in [2.45, 2.75) is 69.9 Å². The molecule has 0 spiro atoms. The lowest BCUT2D eigenvalue weighted by molar-refractivity contribution is -0.138. The van der Waals surface area contributed by atoms with Gasteiger partial charge in [0.1, 0.15) is 5.75 Å². The minimum Gasteiger partial charge on any atom is -0.496 e. The number of methoxy groups -OCH3 is 1. The summed E-state index contributed by atoms with van der Waals surface area (Å²) < 4.78 is 5.94. The second-order valence-corrected chi connectivity index (χ2v) is 9.66. The predicted molar refractivity (Wildman–Crippen MR) is 120 cm³/mol. The monoisotopic (exact) mass is 407 g/mol. The summed E-state index contributed by atoms with van der Waals surface area (Å²) in [6, 6.07) is 13.5. The molecule has 0 saturated heterocycles. The number of fused-ring (bicyclic) bond motifs is 1. The van der Waals surface area contributed by atoms with Gasteiger partial charge in [0.05, 0.1) is 13.0 Å². The number of aliphatic carboxylic acids is 1. The van der Waals surface area contributed by atoms with Crippen LogP contribution in [0.25, 0.3) is 11.1 Å². The summed E-state index contributed by atoms with van der Waals surface area (Å²) in [5.41, 5.74) is 5.86. The van der Waals surface area contributed by atoms with E-state index in [1.54, 1.807) is 14.0 Å². The van der Waals surface area contributed by atoms with Gasteiger partial charge in [0.2, 0.25) is 0 Å². The molecule has 4 heteroatoms. The predicted octanol–water partition coefficient (Wildman–Crippen LogP) is 5.76. The highest BCUT2D eigenvalue weighted by Gasteiger charge is 2.40. The highest BCUT2D eigenvalue weighted by molar-refractivity contribution is 5.76. The van der Waals surface area contributed by atoms with Crippen molar-refractivity contribution in [3.05, 3.63) is 53.1 Å². The number of hydrogen-bond acceptors (Lipinski definition) is 3. The molecule has 30 heavy (non-hydrogen) atoms. The van der Waals surface area contributed by atoms with Crippen LogP contribution in [0.3, 0.4) is 0 Å². The smallest absolute Gasteiger partial charge is 0.310 e. The minimum absolute atomic E-state index is 0.0945. The summed E-state index contributed by atoms with van der Waals surface area (Å²) in [5.74, 6) is -0.337. The van der Waals surface area contributed by atoms with Gasteiger partial charge >= 0.3 is 5.97 Å². The fourth-order valence-corrected chi connectivity index (χ4v) is 4.89. The van der Waals surface area contributed by atoms with Gasteiger partial charge in [0.25, 0.3) is 0 Å². The van der Waals surface area contributed by atoms with E-state index in [4.69, 9.17) is 4.74 Å². The topological polar surface area (TPSA) is 49.8 Å². The van der Waals surface area contributed by atoms with E-state index in [-0.39, 0.29) is 5.41 Å². The van der Waals surface area contributed by atoms with Gasteiger partial charge in [-0.1, -0.05) is 44.2 Å². The van der Waals surface area contributed by atoms with E-state index >= 15 is 0 Å². The summed E-state index contributed by atoms with van der Waals surface area (Å²) in [7, 11) is 4.03. The number of rotatable bonds is 6. The zero-order valence-corrected chi connectivity index (χ0v) is 18.7. The van der Waals surface area contributed by atoms with Crippen LogP contribution in [-0.2, 0) is 10.2 Å². The minimum atomic E-state index is -0.800. The van der Waals surface area contributed by atoms with Crippen molar-refractivity contribution in [2.75, 3.05) is 14.2 Å². The Morgan fingerprint density at radius 3 is 2.37 bits per heavy atom. The van der Waals surface area contributed by atoms with Gasteiger partial charge in [-0.25, -0.2) is 0 Å². The van der Waals surface area contributed by atoms with Crippen molar-refractivity contribution in [1.82, 2.24) is 4.90 Å². The van der Waals surface area contributed by atoms with E-state index < -0.39 is 11.9 Å². The van der Waals surface area contributed by atoms with Gasteiger partial charge in [-0.2, -0.15) is 0 Å². The van der Waals surface area contributed by atoms with Crippen LogP contribution in [0.4, 0.5) is 0 Å². The van der Waals surface area contributed by atoms with Crippen LogP contribution in [0, 0.1) is 0 Å². The summed E-state index contributed by atoms with van der Waals surface area (Å²) in [6.07, 6.45) is 4.91. The Morgan fingerprint density at radius 1 is 1.13 bits per heavy atom. The van der Waals surface area contributed by atoms with Crippen molar-refractivity contribution < 1.29 is 14.6 Å². The Labute approximate surface area is 179 Å². The molecule has 160 valence electrons. The number of benzene rings is 2. The molecule has 1 saturated carbocycles. The van der Waals surface area contributed by atoms with Gasteiger partial charge in [0, 0.05) is 17.6 Å². The molecule has 0 bridgehead atoms. The number of carboxylic acid groups (broad SMARTS) is 1. The first-order valence-corrected chi connectivity index (χ1v) is 11.0. The third-order valence-corrected chi connectivity index (χ3v) is 7.20. The maximum absolute atomic E-state index is 11.3. The first kappa shape index (κ1) is 20.9. The molecule has 0 radical (unpaired) electrons. The number of ether oxygens (including phenoxy) is 1. The SMILES string of the molecule is COc1cc(-c2ccc(C(C)C(=O)O)cc2)cc2c1C(N(C)C1CC1)CCC2(C)C. The number of nitrogens with zero attached hydrogens (tertiary/aromatic N) is 1. The van der Waals surface area contributed by atoms with E-state index in [2.05, 4.69) is 37.9 Å². The van der Waals surface area contributed by atoms with Crippen molar-refractivity contribution in [3.8, 4) is 16.9 Å². The van der Waals surface area contributed by atoms with Crippen molar-refractivity contribution >= 4 is 5.97 Å². The highest BCUT2D eigenvalue weighted by Crippen LogP contribution is 2.50. The summed E-state index contributed by atoms with van der Waals surface area (Å²) in [6.45, 7) is 6.39. The van der Waals surface area contributed by atoms with Crippen LogP contribution in [0.5, 0.6) is 5.75 Å². The number of carboxylic acids is 1. The maximum Gasteiger partial charge on any atom is 0.310 e. The van der Waals surface area contributed by atoms with Gasteiger partial charge in [-0.3, -0.25) is 9.69 Å². The average Bonchev–Trinajstić information content (AvgIpc) is 3.58. The van der Waals surface area contributed by atoms with Crippen LogP contribution in [0.15, 0.2) is 36.4 Å². The molecule has 0 aromatic heterocycles. The summed E-state index contributed by atoms with van der Waals surface area (Å²) >= 11 is 0. The van der Waals surface area contributed by atoms with E-state index in [9.17, 15) is 9.90 Å². The van der Waals surface area contributed by atoms with Crippen molar-refractivity contribution in [2.24, 2.45) is 0 Å². The second-order valence-electron chi connectivity index (χ2n) is 9.66. The molecule has 0 amide bonds. The molecule has 0 heterocycles. The quantitative estimate of drug-likeness (QED) is 0.662. The lowest BCUT2D eigenvalue weighted by Crippen LogP contribution is -2.35. The normalized spacial score (nSPS) is 21.2. The first-order chi connectivity index (χ1) is 14.2. The molecule has 1 N–H and O–H groups in total. The Hall–Kier alpha value is -2.33. The molecule has 2 atom stereocenters. The molecule has 1 fully saturated rings. The molecule has 2 unspecified atom stereocenters. The molecule has 0 aliphatic heterocycles. The molecule has 4 rings (SSSR count). The standard InChI is InChI=1S/C26H33NO3/c1-16(25(28)29)17-6-8-18(9-7-17)19-14-21-24(23(15-19)30-5)22(12-13-26(21,2)3)27(4)20-10-11-20/h6-9,14-16,20,22H,10-13H2,1-5H3,(H,28,29). The maximum atomic E-state index is 11.3. The van der Waals surface area contributed by atoms with Gasteiger partial charge in [0.15, 0.2) is 0 Å². The zero-order valence-electron chi connectivity index (χ0n) is 18.7. The third kappa shape index (κ3) is 3.74. The lowest BCUT2D eigenvalue weighted by atomic mass is 9.69. The fraction of sp³-hybridized carbons (Fsp3) is 0.500. The average molecular weight is 408 g/mol. The van der Waals surface area contributed by atoms with E-state index in [0.717, 1.165) is 35.3 Å². The van der Waals surface area contributed by atoms with Crippen molar-refractivity contribution in [3.63, 3.8) is 0 Å². The molecule has 2 aromatic carbocycles. The molecule has 2 aromatic rings. The highest BCUT2D eigenvalue weighted by atomic mass is 16.5. The molecule has 2 aliphatic rings. The van der Waals surface area contributed by atoms with Gasteiger partial charge < -0.3 is 9.84 Å². The van der Waals surface area contributed by atoms with Crippen LogP contribution in [0.2, 0.25) is 0 Å². The van der Waals surface area contributed by atoms with E-state index in [1.807, 2.05) is 24.3 Å². The zero-order chi connectivity index (χ0) is 21.6. The van der Waals surface area contributed by atoms with Crippen LogP contribution >= 0.6 is 0 Å². The van der Waals surface area contributed by atoms with Crippen LogP contribution in [-0.4, -0.2) is 36.2 Å². The fourth-order valence-electron chi connectivity index (χ4n) is 4.89. The van der Waals surface area contributed by atoms with Gasteiger partial charge in [-0.05, 0) is 73.4 Å². The Morgan fingerprint density at radius 2 is 1.80 bits per heavy atom. The first-order valence-electron chi connectivity index (χ1n) is 11.0. The molecule has 4 nitrogen and oxygen atoms in total. The Bertz CT molecular complexity index is 943. The van der Waals surface area contributed by atoms with Crippen LogP contribution in [0.1, 0.15) is 75.1 Å². The van der Waals surface area contributed by atoms with E-state index in [0.29, 0.717) is 12.1 Å². The molecular weight excluding hydrogens is 374 g/mol. The van der Waals surface area contributed by atoms with Gasteiger partial charge in [-0.15, -0.1) is 0 Å². The number of carbonyl (C=O) groups is 1. The second kappa shape index (κ2) is 7.73. The number of hydrogen-bond donors (Lipinski definition) is 1. The Balaban J connectivity index is 1.77. The van der Waals surface area contributed by atoms with E-state index in [1.165, 1.54) is 24.0 Å². The third-order valence-electron chi connectivity index (χ3n) is 7.20. The Kier molecular flexibility index (Phi) is 5.39. The van der Waals surface area contributed by atoms with Crippen LogP contribution < -0.4 is 4.74 Å². The lowest BCUT2D eigenvalue weighted by Gasteiger charge is -2.42. The molecular formula is C26H33NO3. The largest absolute Gasteiger partial charge is 0.496 e. The summed E-state index contributed by atoms with van der Waals surface area (Å²) in [4.78, 5) is 13.8. The molecule has 2 aliphatic carbocycles.